The first kappa shape index (κ1) is 22.5. The van der Waals surface area contributed by atoms with Crippen molar-refractivity contribution in [3.63, 3.8) is 0 Å². The van der Waals surface area contributed by atoms with Gasteiger partial charge in [-0.3, -0.25) is 10.1 Å². The average molecular weight is 460 g/mol. The van der Waals surface area contributed by atoms with Gasteiger partial charge >= 0.3 is 0 Å². The van der Waals surface area contributed by atoms with Crippen LogP contribution in [0.3, 0.4) is 0 Å². The Labute approximate surface area is 198 Å². The number of methoxy groups -OCH3 is 1. The zero-order chi connectivity index (χ0) is 23.6. The second kappa shape index (κ2) is 9.03. The van der Waals surface area contributed by atoms with Crippen molar-refractivity contribution in [1.82, 2.24) is 10.3 Å². The first-order chi connectivity index (χ1) is 15.7. The molecule has 2 N–H and O–H groups in total. The number of aromatic nitrogens is 1. The molecule has 7 heteroatoms. The van der Waals surface area contributed by atoms with Gasteiger partial charge in [-0.05, 0) is 65.7 Å². The van der Waals surface area contributed by atoms with Crippen molar-refractivity contribution in [3.05, 3.63) is 77.9 Å². The maximum atomic E-state index is 12.7. The highest BCUT2D eigenvalue weighted by molar-refractivity contribution is 7.80. The number of rotatable bonds is 4. The van der Waals surface area contributed by atoms with Gasteiger partial charge in [-0.2, -0.15) is 0 Å². The molecule has 0 unspecified atom stereocenters. The summed E-state index contributed by atoms with van der Waals surface area (Å²) in [5.41, 5.74) is 4.52. The lowest BCUT2D eigenvalue weighted by Gasteiger charge is -2.19. The monoisotopic (exact) mass is 459 g/mol. The lowest BCUT2D eigenvalue weighted by Crippen LogP contribution is -2.34. The van der Waals surface area contributed by atoms with E-state index in [4.69, 9.17) is 21.4 Å². The minimum atomic E-state index is -0.290. The lowest BCUT2D eigenvalue weighted by atomic mass is 9.87. The van der Waals surface area contributed by atoms with Gasteiger partial charge in [0.2, 0.25) is 5.89 Å². The van der Waals surface area contributed by atoms with Gasteiger partial charge in [-0.15, -0.1) is 0 Å². The zero-order valence-electron chi connectivity index (χ0n) is 18.9. The average Bonchev–Trinajstić information content (AvgIpc) is 3.23. The smallest absolute Gasteiger partial charge is 0.257 e. The summed E-state index contributed by atoms with van der Waals surface area (Å²) < 4.78 is 11.3. The number of para-hydroxylation sites is 2. The molecule has 1 amide bonds. The fraction of sp³-hybridized carbons (Fsp3) is 0.192. The molecule has 0 saturated heterocycles. The molecule has 0 saturated carbocycles. The van der Waals surface area contributed by atoms with E-state index in [2.05, 4.69) is 36.4 Å². The summed E-state index contributed by atoms with van der Waals surface area (Å²) in [7, 11) is 1.57. The SMILES string of the molecule is COc1ccc(-c2nc3ccccc3o2)cc1NC(=S)NC(=O)c1ccc(C(C)(C)C)cc1. The van der Waals surface area contributed by atoms with Crippen LogP contribution in [0.4, 0.5) is 5.69 Å². The maximum Gasteiger partial charge on any atom is 0.257 e. The van der Waals surface area contributed by atoms with E-state index >= 15 is 0 Å². The van der Waals surface area contributed by atoms with Crippen LogP contribution in [0.15, 0.2) is 71.1 Å². The van der Waals surface area contributed by atoms with E-state index in [9.17, 15) is 4.79 Å². The molecule has 4 rings (SSSR count). The van der Waals surface area contributed by atoms with Gasteiger partial charge < -0.3 is 14.5 Å². The minimum Gasteiger partial charge on any atom is -0.495 e. The predicted molar refractivity (Wildman–Crippen MR) is 135 cm³/mol. The molecular weight excluding hydrogens is 434 g/mol. The number of hydrogen-bond acceptors (Lipinski definition) is 5. The number of fused-ring (bicyclic) bond motifs is 1. The normalized spacial score (nSPS) is 11.3. The number of oxazole rings is 1. The van der Waals surface area contributed by atoms with E-state index in [1.165, 1.54) is 0 Å². The van der Waals surface area contributed by atoms with Gasteiger partial charge in [0.1, 0.15) is 11.3 Å². The highest BCUT2D eigenvalue weighted by atomic mass is 32.1. The van der Waals surface area contributed by atoms with E-state index in [1.807, 2.05) is 48.5 Å². The molecule has 1 aromatic heterocycles. The van der Waals surface area contributed by atoms with Crippen molar-refractivity contribution >= 4 is 40.0 Å². The Morgan fingerprint density at radius 1 is 1.03 bits per heavy atom. The molecule has 0 fully saturated rings. The van der Waals surface area contributed by atoms with Crippen LogP contribution in [-0.4, -0.2) is 23.1 Å². The van der Waals surface area contributed by atoms with Gasteiger partial charge in [0, 0.05) is 11.1 Å². The number of hydrogen-bond donors (Lipinski definition) is 2. The molecule has 33 heavy (non-hydrogen) atoms. The summed E-state index contributed by atoms with van der Waals surface area (Å²) in [5, 5.41) is 5.93. The van der Waals surface area contributed by atoms with Crippen molar-refractivity contribution in [3.8, 4) is 17.2 Å². The van der Waals surface area contributed by atoms with Crippen molar-refractivity contribution in [2.45, 2.75) is 26.2 Å². The van der Waals surface area contributed by atoms with Crippen molar-refractivity contribution in [1.29, 1.82) is 0 Å². The van der Waals surface area contributed by atoms with Crippen LogP contribution < -0.4 is 15.4 Å². The summed E-state index contributed by atoms with van der Waals surface area (Å²) in [6, 6.07) is 20.5. The van der Waals surface area contributed by atoms with Gasteiger partial charge in [-0.1, -0.05) is 45.0 Å². The summed E-state index contributed by atoms with van der Waals surface area (Å²) in [6.45, 7) is 6.39. The minimum absolute atomic E-state index is 0.0160. The number of carbonyl (C=O) groups is 1. The van der Waals surface area contributed by atoms with Crippen molar-refractivity contribution < 1.29 is 13.9 Å². The molecule has 0 aliphatic carbocycles. The quantitative estimate of drug-likeness (QED) is 0.369. The molecule has 4 aromatic rings. The Balaban J connectivity index is 1.51. The van der Waals surface area contributed by atoms with Gasteiger partial charge in [0.15, 0.2) is 10.7 Å². The van der Waals surface area contributed by atoms with Crippen LogP contribution in [0.2, 0.25) is 0 Å². The maximum absolute atomic E-state index is 12.7. The van der Waals surface area contributed by atoms with Crippen LogP contribution >= 0.6 is 12.2 Å². The number of nitrogens with one attached hydrogen (secondary N) is 2. The number of ether oxygens (including phenoxy) is 1. The molecule has 0 bridgehead atoms. The van der Waals surface area contributed by atoms with E-state index in [0.29, 0.717) is 28.5 Å². The molecule has 0 aliphatic rings. The molecule has 0 atom stereocenters. The Kier molecular flexibility index (Phi) is 6.16. The Bertz CT molecular complexity index is 1290. The van der Waals surface area contributed by atoms with Gasteiger partial charge in [0.05, 0.1) is 12.8 Å². The summed E-state index contributed by atoms with van der Waals surface area (Å²) in [6.07, 6.45) is 0. The van der Waals surface area contributed by atoms with Crippen LogP contribution in [0.1, 0.15) is 36.7 Å². The second-order valence-corrected chi connectivity index (χ2v) is 9.05. The number of benzene rings is 3. The van der Waals surface area contributed by atoms with Crippen LogP contribution in [0, 0.1) is 0 Å². The molecule has 6 nitrogen and oxygen atoms in total. The van der Waals surface area contributed by atoms with E-state index < -0.39 is 0 Å². The standard InChI is InChI=1S/C26H25N3O3S/c1-26(2,3)18-12-9-16(10-13-18)23(30)29-25(33)28-20-15-17(11-14-21(20)31-4)24-27-19-7-5-6-8-22(19)32-24/h5-15H,1-4H3,(H2,28,29,30,33). The highest BCUT2D eigenvalue weighted by Gasteiger charge is 2.16. The summed E-state index contributed by atoms with van der Waals surface area (Å²) in [5.74, 6) is 0.763. The molecule has 3 aromatic carbocycles. The second-order valence-electron chi connectivity index (χ2n) is 8.64. The van der Waals surface area contributed by atoms with E-state index in [0.717, 1.165) is 16.6 Å². The number of carbonyl (C=O) groups excluding carboxylic acids is 1. The molecule has 0 spiro atoms. The van der Waals surface area contributed by atoms with Crippen molar-refractivity contribution in [2.75, 3.05) is 12.4 Å². The van der Waals surface area contributed by atoms with Crippen LogP contribution in [0.25, 0.3) is 22.6 Å². The largest absolute Gasteiger partial charge is 0.495 e. The summed E-state index contributed by atoms with van der Waals surface area (Å²) >= 11 is 5.38. The topological polar surface area (TPSA) is 76.4 Å². The van der Waals surface area contributed by atoms with E-state index in [1.54, 1.807) is 25.3 Å². The summed E-state index contributed by atoms with van der Waals surface area (Å²) in [4.78, 5) is 17.2. The first-order valence-electron chi connectivity index (χ1n) is 10.5. The Morgan fingerprint density at radius 3 is 2.42 bits per heavy atom. The lowest BCUT2D eigenvalue weighted by molar-refractivity contribution is 0.0977. The number of nitrogens with zero attached hydrogens (tertiary/aromatic N) is 1. The zero-order valence-corrected chi connectivity index (χ0v) is 19.7. The Hall–Kier alpha value is -3.71. The molecular formula is C26H25N3O3S. The number of amides is 1. The molecule has 0 aliphatic heterocycles. The van der Waals surface area contributed by atoms with E-state index in [-0.39, 0.29) is 16.4 Å². The van der Waals surface area contributed by atoms with Crippen LogP contribution in [0.5, 0.6) is 5.75 Å². The molecule has 1 heterocycles. The third-order valence-corrected chi connectivity index (χ3v) is 5.43. The Morgan fingerprint density at radius 2 is 1.76 bits per heavy atom. The number of anilines is 1. The molecule has 168 valence electrons. The van der Waals surface area contributed by atoms with Crippen molar-refractivity contribution in [2.24, 2.45) is 0 Å². The number of thiocarbonyl (C=S) groups is 1. The molecule has 0 radical (unpaired) electrons. The van der Waals surface area contributed by atoms with Gasteiger partial charge in [0.25, 0.3) is 5.91 Å². The third kappa shape index (κ3) is 5.04. The fourth-order valence-corrected chi connectivity index (χ4v) is 3.59. The predicted octanol–water partition coefficient (Wildman–Crippen LogP) is 5.93. The first-order valence-corrected chi connectivity index (χ1v) is 10.9. The van der Waals surface area contributed by atoms with Crippen LogP contribution in [-0.2, 0) is 5.41 Å². The van der Waals surface area contributed by atoms with Gasteiger partial charge in [-0.25, -0.2) is 4.98 Å². The highest BCUT2D eigenvalue weighted by Crippen LogP contribution is 2.32. The third-order valence-electron chi connectivity index (χ3n) is 5.23. The fourth-order valence-electron chi connectivity index (χ4n) is 3.38.